The molecule has 1 fully saturated rings. The first kappa shape index (κ1) is 18.2. The smallest absolute Gasteiger partial charge is 0.264 e. The summed E-state index contributed by atoms with van der Waals surface area (Å²) < 4.78 is 0. The monoisotopic (exact) mass is 383 g/mol. The number of hydrogen-bond acceptors (Lipinski definition) is 3. The van der Waals surface area contributed by atoms with Crippen molar-refractivity contribution in [1.29, 1.82) is 0 Å². The van der Waals surface area contributed by atoms with Gasteiger partial charge >= 0.3 is 0 Å². The quantitative estimate of drug-likeness (QED) is 0.807. The highest BCUT2D eigenvalue weighted by Gasteiger charge is 2.56. The second kappa shape index (κ2) is 7.10. The molecule has 140 valence electrons. The van der Waals surface area contributed by atoms with E-state index in [0.29, 0.717) is 29.1 Å². The number of benzene rings is 2. The summed E-state index contributed by atoms with van der Waals surface area (Å²) in [6.45, 7) is 0.263. The molecule has 0 aromatic heterocycles. The highest BCUT2D eigenvalue weighted by Crippen LogP contribution is 2.48. The first-order valence-electron chi connectivity index (χ1n) is 9.43. The normalized spacial score (nSPS) is 25.4. The van der Waals surface area contributed by atoms with Crippen LogP contribution in [0.4, 0.5) is 5.69 Å². The molecular weight excluding hydrogens is 362 g/mol. The third kappa shape index (κ3) is 2.97. The zero-order valence-corrected chi connectivity index (χ0v) is 15.8. The van der Waals surface area contributed by atoms with Crippen molar-refractivity contribution in [1.82, 2.24) is 0 Å². The summed E-state index contributed by atoms with van der Waals surface area (Å²) in [5.74, 6) is -1.13. The molecule has 1 saturated carbocycles. The van der Waals surface area contributed by atoms with Crippen LogP contribution in [0.15, 0.2) is 48.5 Å². The van der Waals surface area contributed by atoms with Gasteiger partial charge in [0, 0.05) is 17.0 Å². The van der Waals surface area contributed by atoms with Crippen molar-refractivity contribution in [2.45, 2.75) is 44.2 Å². The van der Waals surface area contributed by atoms with Crippen molar-refractivity contribution in [3.8, 4) is 0 Å². The number of Topliss-reactive ketones (excluding diaryl/α,β-unsaturated/α-hetero) is 1. The topological polar surface area (TPSA) is 57.6 Å². The van der Waals surface area contributed by atoms with Gasteiger partial charge in [-0.05, 0) is 30.5 Å². The van der Waals surface area contributed by atoms with E-state index in [1.165, 1.54) is 0 Å². The van der Waals surface area contributed by atoms with E-state index >= 15 is 0 Å². The van der Waals surface area contributed by atoms with E-state index < -0.39 is 17.4 Å². The number of carbonyl (C=O) groups excluding carboxylic acids is 2. The third-order valence-corrected chi connectivity index (χ3v) is 6.14. The SMILES string of the molecule is O=C1CCCCC[C@H]1[C@]1(O)C(=O)N(Cc2ccccc2Cl)c2ccccc21. The first-order valence-corrected chi connectivity index (χ1v) is 9.81. The number of anilines is 1. The van der Waals surface area contributed by atoms with Gasteiger partial charge in [-0.2, -0.15) is 0 Å². The van der Waals surface area contributed by atoms with Crippen LogP contribution in [0.3, 0.4) is 0 Å². The lowest BCUT2D eigenvalue weighted by molar-refractivity contribution is -0.150. The molecule has 0 saturated heterocycles. The molecule has 0 spiro atoms. The van der Waals surface area contributed by atoms with Gasteiger partial charge in [0.1, 0.15) is 5.78 Å². The van der Waals surface area contributed by atoms with Crippen LogP contribution in [0.5, 0.6) is 0 Å². The highest BCUT2D eigenvalue weighted by molar-refractivity contribution is 6.31. The number of carbonyl (C=O) groups is 2. The third-order valence-electron chi connectivity index (χ3n) is 5.77. The Kier molecular flexibility index (Phi) is 4.79. The number of halogens is 1. The fourth-order valence-electron chi connectivity index (χ4n) is 4.35. The molecule has 0 unspecified atom stereocenters. The molecule has 0 bridgehead atoms. The molecule has 0 radical (unpaired) electrons. The predicted molar refractivity (Wildman–Crippen MR) is 105 cm³/mol. The Morgan fingerprint density at radius 2 is 1.78 bits per heavy atom. The number of para-hydroxylation sites is 1. The Labute approximate surface area is 163 Å². The minimum Gasteiger partial charge on any atom is -0.375 e. The maximum absolute atomic E-state index is 13.4. The van der Waals surface area contributed by atoms with Crippen molar-refractivity contribution in [2.24, 2.45) is 5.92 Å². The van der Waals surface area contributed by atoms with E-state index in [-0.39, 0.29) is 12.3 Å². The van der Waals surface area contributed by atoms with Crippen LogP contribution in [0.25, 0.3) is 0 Å². The summed E-state index contributed by atoms with van der Waals surface area (Å²) in [7, 11) is 0. The van der Waals surface area contributed by atoms with Crippen LogP contribution in [-0.4, -0.2) is 16.8 Å². The van der Waals surface area contributed by atoms with E-state index in [2.05, 4.69) is 0 Å². The van der Waals surface area contributed by atoms with Gasteiger partial charge in [-0.15, -0.1) is 0 Å². The molecule has 2 aromatic rings. The number of ketones is 1. The first-order chi connectivity index (χ1) is 13.0. The Morgan fingerprint density at radius 1 is 1.04 bits per heavy atom. The molecule has 2 aromatic carbocycles. The average Bonchev–Trinajstić information content (AvgIpc) is 2.82. The minimum absolute atomic E-state index is 0.0160. The molecular formula is C22H22ClNO3. The fraction of sp³-hybridized carbons (Fsp3) is 0.364. The summed E-state index contributed by atoms with van der Waals surface area (Å²) >= 11 is 6.29. The van der Waals surface area contributed by atoms with Crippen molar-refractivity contribution >= 4 is 29.0 Å². The molecule has 2 atom stereocenters. The summed E-state index contributed by atoms with van der Waals surface area (Å²) in [6.07, 6.45) is 3.59. The van der Waals surface area contributed by atoms with Gasteiger partial charge in [0.05, 0.1) is 18.2 Å². The van der Waals surface area contributed by atoms with Gasteiger partial charge in [0.2, 0.25) is 0 Å². The van der Waals surface area contributed by atoms with Gasteiger partial charge in [0.15, 0.2) is 5.60 Å². The van der Waals surface area contributed by atoms with Crippen molar-refractivity contribution in [3.63, 3.8) is 0 Å². The van der Waals surface area contributed by atoms with E-state index in [1.807, 2.05) is 30.3 Å². The van der Waals surface area contributed by atoms with Gasteiger partial charge in [-0.1, -0.05) is 60.8 Å². The van der Waals surface area contributed by atoms with E-state index in [0.717, 1.165) is 24.8 Å². The molecule has 1 amide bonds. The summed E-state index contributed by atoms with van der Waals surface area (Å²) in [5, 5.41) is 12.2. The van der Waals surface area contributed by atoms with Gasteiger partial charge in [0.25, 0.3) is 5.91 Å². The molecule has 27 heavy (non-hydrogen) atoms. The lowest BCUT2D eigenvalue weighted by atomic mass is 9.77. The standard InChI is InChI=1S/C22H22ClNO3/c23-18-11-6-4-8-15(18)14-24-19-12-7-5-9-16(19)22(27,21(24)26)17-10-2-1-3-13-20(17)25/h4-9,11-12,17,27H,1-3,10,13-14H2/t17-,22+/m1/s1. The molecule has 1 aliphatic carbocycles. The fourth-order valence-corrected chi connectivity index (χ4v) is 4.55. The maximum Gasteiger partial charge on any atom is 0.264 e. The van der Waals surface area contributed by atoms with Gasteiger partial charge in [-0.25, -0.2) is 0 Å². The van der Waals surface area contributed by atoms with Crippen LogP contribution in [0.2, 0.25) is 5.02 Å². The predicted octanol–water partition coefficient (Wildman–Crippen LogP) is 4.22. The molecule has 1 heterocycles. The molecule has 1 aliphatic heterocycles. The molecule has 1 N–H and O–H groups in total. The van der Waals surface area contributed by atoms with Crippen LogP contribution < -0.4 is 4.90 Å². The minimum atomic E-state index is -1.79. The average molecular weight is 384 g/mol. The number of rotatable bonds is 3. The molecule has 4 rings (SSSR count). The molecule has 4 nitrogen and oxygen atoms in total. The summed E-state index contributed by atoms with van der Waals surface area (Å²) in [6, 6.07) is 14.6. The van der Waals surface area contributed by atoms with Crippen molar-refractivity contribution < 1.29 is 14.7 Å². The Bertz CT molecular complexity index is 897. The van der Waals surface area contributed by atoms with Crippen molar-refractivity contribution in [3.05, 3.63) is 64.7 Å². The van der Waals surface area contributed by atoms with E-state index in [9.17, 15) is 14.7 Å². The van der Waals surface area contributed by atoms with Crippen LogP contribution in [0, 0.1) is 5.92 Å². The van der Waals surface area contributed by atoms with E-state index in [1.54, 1.807) is 23.1 Å². The molecule has 2 aliphatic rings. The number of nitrogens with zero attached hydrogens (tertiary/aromatic N) is 1. The largest absolute Gasteiger partial charge is 0.375 e. The van der Waals surface area contributed by atoms with Gasteiger partial charge in [-0.3, -0.25) is 9.59 Å². The Morgan fingerprint density at radius 3 is 2.59 bits per heavy atom. The second-order valence-corrected chi connectivity index (χ2v) is 7.79. The Hall–Kier alpha value is -2.17. The zero-order chi connectivity index (χ0) is 19.0. The number of amides is 1. The van der Waals surface area contributed by atoms with Gasteiger partial charge < -0.3 is 10.0 Å². The summed E-state index contributed by atoms with van der Waals surface area (Å²) in [5.41, 5.74) is 0.197. The maximum atomic E-state index is 13.4. The second-order valence-electron chi connectivity index (χ2n) is 7.38. The van der Waals surface area contributed by atoms with Crippen LogP contribution in [-0.2, 0) is 21.7 Å². The van der Waals surface area contributed by atoms with E-state index in [4.69, 9.17) is 11.6 Å². The number of fused-ring (bicyclic) bond motifs is 1. The van der Waals surface area contributed by atoms with Crippen LogP contribution in [0.1, 0.15) is 43.2 Å². The molecule has 5 heteroatoms. The van der Waals surface area contributed by atoms with Crippen molar-refractivity contribution in [2.75, 3.05) is 4.90 Å². The Balaban J connectivity index is 1.77. The summed E-state index contributed by atoms with van der Waals surface area (Å²) in [4.78, 5) is 27.7. The highest BCUT2D eigenvalue weighted by atomic mass is 35.5. The lowest BCUT2D eigenvalue weighted by Crippen LogP contribution is -2.48. The van der Waals surface area contributed by atoms with Crippen LogP contribution >= 0.6 is 11.6 Å². The number of hydrogen-bond donors (Lipinski definition) is 1. The lowest BCUT2D eigenvalue weighted by Gasteiger charge is -2.30. The number of aliphatic hydroxyl groups is 1. The zero-order valence-electron chi connectivity index (χ0n) is 15.0.